The van der Waals surface area contributed by atoms with Gasteiger partial charge in [-0.15, -0.1) is 11.3 Å². The Labute approximate surface area is 187 Å². The fourth-order valence-electron chi connectivity index (χ4n) is 4.06. The monoisotopic (exact) mass is 485 g/mol. The summed E-state index contributed by atoms with van der Waals surface area (Å²) in [7, 11) is 0. The number of thiazole rings is 1. The highest BCUT2D eigenvalue weighted by Crippen LogP contribution is 2.38. The van der Waals surface area contributed by atoms with E-state index in [1.807, 2.05) is 12.1 Å². The first-order chi connectivity index (χ1) is 14.2. The lowest BCUT2D eigenvalue weighted by Crippen LogP contribution is -2.23. The van der Waals surface area contributed by atoms with Crippen molar-refractivity contribution in [2.45, 2.75) is 38.1 Å². The number of rotatable bonds is 4. The number of halogens is 2. The number of benzene rings is 2. The van der Waals surface area contributed by atoms with Crippen molar-refractivity contribution in [3.05, 3.63) is 63.4 Å². The van der Waals surface area contributed by atoms with Gasteiger partial charge in [0, 0.05) is 26.5 Å². The van der Waals surface area contributed by atoms with Crippen molar-refractivity contribution < 1.29 is 0 Å². The summed E-state index contributed by atoms with van der Waals surface area (Å²) in [6.07, 6.45) is 6.35. The molecule has 1 saturated carbocycles. The van der Waals surface area contributed by atoms with Gasteiger partial charge in [0.05, 0.1) is 5.69 Å². The van der Waals surface area contributed by atoms with E-state index in [1.54, 1.807) is 11.3 Å². The minimum absolute atomic E-state index is 0.493. The molecule has 0 radical (unpaired) electrons. The lowest BCUT2D eigenvalue weighted by molar-refractivity contribution is 0.462. The highest BCUT2D eigenvalue weighted by molar-refractivity contribution is 9.10. The maximum absolute atomic E-state index is 6.13. The molecular weight excluding hydrogens is 466 g/mol. The van der Waals surface area contributed by atoms with Crippen LogP contribution in [0.1, 0.15) is 32.1 Å². The number of aromatic nitrogens is 2. The lowest BCUT2D eigenvalue weighted by atomic mass is 9.95. The zero-order valence-corrected chi connectivity index (χ0v) is 19.0. The van der Waals surface area contributed by atoms with Gasteiger partial charge in [-0.1, -0.05) is 71.1 Å². The van der Waals surface area contributed by atoms with Crippen LogP contribution in [0.5, 0.6) is 0 Å². The number of hydrogen-bond donors (Lipinski definition) is 1. The van der Waals surface area contributed by atoms with Gasteiger partial charge in [-0.05, 0) is 42.7 Å². The Morgan fingerprint density at radius 1 is 0.966 bits per heavy atom. The summed E-state index contributed by atoms with van der Waals surface area (Å²) in [5.41, 5.74) is 4.44. The number of nitrogens with one attached hydrogen (secondary N) is 1. The molecule has 4 aromatic rings. The van der Waals surface area contributed by atoms with E-state index in [9.17, 15) is 0 Å². The van der Waals surface area contributed by atoms with Gasteiger partial charge in [0.25, 0.3) is 0 Å². The van der Waals surface area contributed by atoms with Crippen LogP contribution < -0.4 is 5.32 Å². The van der Waals surface area contributed by atoms with Crippen LogP contribution in [0.2, 0.25) is 5.02 Å². The molecule has 0 spiro atoms. The zero-order valence-electron chi connectivity index (χ0n) is 15.9. The Bertz CT molecular complexity index is 1130. The lowest BCUT2D eigenvalue weighted by Gasteiger charge is -2.24. The summed E-state index contributed by atoms with van der Waals surface area (Å²) in [5.74, 6) is 1.09. The molecule has 0 atom stereocenters. The van der Waals surface area contributed by atoms with Gasteiger partial charge in [-0.3, -0.25) is 4.40 Å². The molecule has 0 saturated heterocycles. The first-order valence-corrected chi connectivity index (χ1v) is 12.0. The molecule has 6 heteroatoms. The summed E-state index contributed by atoms with van der Waals surface area (Å²) in [6.45, 7) is 0. The number of anilines is 1. The minimum atomic E-state index is 0.493. The van der Waals surface area contributed by atoms with E-state index in [-0.39, 0.29) is 0 Å². The molecule has 0 bridgehead atoms. The molecule has 3 nitrogen and oxygen atoms in total. The van der Waals surface area contributed by atoms with Crippen molar-refractivity contribution in [3.63, 3.8) is 0 Å². The number of nitrogens with zero attached hydrogens (tertiary/aromatic N) is 2. The predicted octanol–water partition coefficient (Wildman–Crippen LogP) is 7.89. The van der Waals surface area contributed by atoms with Crippen molar-refractivity contribution >= 4 is 49.6 Å². The molecule has 1 aliphatic carbocycles. The van der Waals surface area contributed by atoms with E-state index >= 15 is 0 Å². The fourth-order valence-corrected chi connectivity index (χ4v) is 5.35. The molecule has 2 heterocycles. The van der Waals surface area contributed by atoms with Crippen LogP contribution in [0.25, 0.3) is 27.5 Å². The van der Waals surface area contributed by atoms with Gasteiger partial charge in [0.15, 0.2) is 4.96 Å². The Morgan fingerprint density at radius 3 is 2.38 bits per heavy atom. The predicted molar refractivity (Wildman–Crippen MR) is 127 cm³/mol. The second-order valence-corrected chi connectivity index (χ2v) is 9.73. The third-order valence-corrected chi connectivity index (χ3v) is 7.17. The molecule has 1 fully saturated rings. The van der Waals surface area contributed by atoms with Crippen LogP contribution in [0.4, 0.5) is 5.82 Å². The Balaban J connectivity index is 1.66. The number of fused-ring (bicyclic) bond motifs is 1. The van der Waals surface area contributed by atoms with E-state index in [0.717, 1.165) is 31.5 Å². The third-order valence-electron chi connectivity index (χ3n) is 5.57. The summed E-state index contributed by atoms with van der Waals surface area (Å²) >= 11 is 11.3. The van der Waals surface area contributed by atoms with Crippen LogP contribution in [-0.2, 0) is 0 Å². The van der Waals surface area contributed by atoms with Gasteiger partial charge < -0.3 is 5.32 Å². The quantitative estimate of drug-likeness (QED) is 0.318. The van der Waals surface area contributed by atoms with E-state index in [1.165, 1.54) is 43.4 Å². The molecule has 5 rings (SSSR count). The van der Waals surface area contributed by atoms with Crippen LogP contribution in [0.3, 0.4) is 0 Å². The van der Waals surface area contributed by atoms with Crippen molar-refractivity contribution in [1.29, 1.82) is 0 Å². The summed E-state index contributed by atoms with van der Waals surface area (Å²) in [4.78, 5) is 6.01. The van der Waals surface area contributed by atoms with Gasteiger partial charge in [-0.25, -0.2) is 4.98 Å². The van der Waals surface area contributed by atoms with Gasteiger partial charge >= 0.3 is 0 Å². The van der Waals surface area contributed by atoms with Crippen LogP contribution in [-0.4, -0.2) is 15.4 Å². The van der Waals surface area contributed by atoms with Crippen molar-refractivity contribution in [2.24, 2.45) is 0 Å². The smallest absolute Gasteiger partial charge is 0.196 e. The second kappa shape index (κ2) is 8.13. The first-order valence-electron chi connectivity index (χ1n) is 9.97. The van der Waals surface area contributed by atoms with E-state index < -0.39 is 0 Å². The molecular formula is C23H21BrClN3S. The molecule has 148 valence electrons. The third kappa shape index (κ3) is 3.83. The average Bonchev–Trinajstić information content (AvgIpc) is 3.31. The molecule has 0 aliphatic heterocycles. The van der Waals surface area contributed by atoms with Crippen molar-refractivity contribution in [1.82, 2.24) is 9.38 Å². The number of hydrogen-bond acceptors (Lipinski definition) is 3. The highest BCUT2D eigenvalue weighted by Gasteiger charge is 2.22. The molecule has 29 heavy (non-hydrogen) atoms. The molecule has 0 unspecified atom stereocenters. The van der Waals surface area contributed by atoms with E-state index in [2.05, 4.69) is 67.4 Å². The molecule has 1 aliphatic rings. The van der Waals surface area contributed by atoms with Crippen LogP contribution in [0, 0.1) is 0 Å². The second-order valence-electron chi connectivity index (χ2n) is 7.54. The van der Waals surface area contributed by atoms with Gasteiger partial charge in [0.1, 0.15) is 11.5 Å². The standard InChI is InChI=1S/C23H21BrClN3S/c24-17-10-6-15(7-11-17)20-14-29-23-27-21(16-8-12-18(25)13-9-16)22(28(20)23)26-19-4-2-1-3-5-19/h6-14,19,26H,1-5H2. The van der Waals surface area contributed by atoms with Crippen LogP contribution >= 0.6 is 38.9 Å². The van der Waals surface area contributed by atoms with Crippen molar-refractivity contribution in [2.75, 3.05) is 5.32 Å². The first kappa shape index (κ1) is 19.2. The maximum Gasteiger partial charge on any atom is 0.196 e. The van der Waals surface area contributed by atoms with E-state index in [0.29, 0.717) is 6.04 Å². The molecule has 1 N–H and O–H groups in total. The maximum atomic E-state index is 6.13. The average molecular weight is 487 g/mol. The summed E-state index contributed by atoms with van der Waals surface area (Å²) in [6, 6.07) is 17.0. The highest BCUT2D eigenvalue weighted by atomic mass is 79.9. The normalized spacial score (nSPS) is 15.1. The SMILES string of the molecule is Clc1ccc(-c2nc3scc(-c4ccc(Br)cc4)n3c2NC2CCCCC2)cc1. The van der Waals surface area contributed by atoms with E-state index in [4.69, 9.17) is 16.6 Å². The Hall–Kier alpha value is -1.82. The molecule has 2 aromatic carbocycles. The summed E-state index contributed by atoms with van der Waals surface area (Å²) < 4.78 is 3.37. The van der Waals surface area contributed by atoms with Crippen molar-refractivity contribution in [3.8, 4) is 22.5 Å². The number of imidazole rings is 1. The van der Waals surface area contributed by atoms with Gasteiger partial charge in [-0.2, -0.15) is 0 Å². The Kier molecular flexibility index (Phi) is 5.37. The molecule has 2 aromatic heterocycles. The van der Waals surface area contributed by atoms with Gasteiger partial charge in [0.2, 0.25) is 0 Å². The van der Waals surface area contributed by atoms with Crippen LogP contribution in [0.15, 0.2) is 58.4 Å². The minimum Gasteiger partial charge on any atom is -0.367 e. The fraction of sp³-hybridized carbons (Fsp3) is 0.261. The molecule has 0 amide bonds. The largest absolute Gasteiger partial charge is 0.367 e. The topological polar surface area (TPSA) is 29.3 Å². The summed E-state index contributed by atoms with van der Waals surface area (Å²) in [5, 5.41) is 6.80. The Morgan fingerprint density at radius 2 is 1.66 bits per heavy atom. The zero-order chi connectivity index (χ0) is 19.8.